The number of halogens is 1. The van der Waals surface area contributed by atoms with Gasteiger partial charge in [-0.3, -0.25) is 4.79 Å². The summed E-state index contributed by atoms with van der Waals surface area (Å²) in [7, 11) is 0. The number of benzene rings is 1. The van der Waals surface area contributed by atoms with Crippen molar-refractivity contribution < 1.29 is 14.3 Å². The summed E-state index contributed by atoms with van der Waals surface area (Å²) in [6.45, 7) is 4.11. The Bertz CT molecular complexity index is 717. The highest BCUT2D eigenvalue weighted by Gasteiger charge is 2.39. The summed E-state index contributed by atoms with van der Waals surface area (Å²) in [4.78, 5) is 14.4. The van der Waals surface area contributed by atoms with Crippen LogP contribution >= 0.6 is 11.6 Å². The maximum absolute atomic E-state index is 12.7. The van der Waals surface area contributed by atoms with E-state index in [1.165, 1.54) is 0 Å². The zero-order valence-electron chi connectivity index (χ0n) is 13.3. The van der Waals surface area contributed by atoms with Crippen molar-refractivity contribution in [3.05, 3.63) is 47.2 Å². The molecule has 1 saturated heterocycles. The van der Waals surface area contributed by atoms with Crippen LogP contribution in [0.5, 0.6) is 0 Å². The first-order valence-corrected chi connectivity index (χ1v) is 8.14. The normalized spacial score (nSPS) is 18.4. The maximum Gasteiger partial charge on any atom is 0.289 e. The van der Waals surface area contributed by atoms with E-state index in [1.807, 2.05) is 18.2 Å². The number of carbonyl (C=O) groups excluding carboxylic acids is 1. The fourth-order valence-corrected chi connectivity index (χ4v) is 3.37. The molecule has 1 aliphatic heterocycles. The molecule has 1 aliphatic rings. The van der Waals surface area contributed by atoms with Crippen LogP contribution < -0.4 is 0 Å². The molecule has 4 nitrogen and oxygen atoms in total. The topological polar surface area (TPSA) is 53.7 Å². The Kier molecular flexibility index (Phi) is 4.21. The minimum atomic E-state index is -0.926. The minimum Gasteiger partial charge on any atom is -0.451 e. The molecule has 5 heteroatoms. The maximum atomic E-state index is 12.7. The molecule has 0 spiro atoms. The Morgan fingerprint density at radius 3 is 2.74 bits per heavy atom. The Morgan fingerprint density at radius 1 is 1.30 bits per heavy atom. The molecule has 1 amide bonds. The molecule has 1 aromatic heterocycles. The molecule has 1 atom stereocenters. The fourth-order valence-electron chi connectivity index (χ4n) is 3.14. The first kappa shape index (κ1) is 16.1. The molecule has 1 fully saturated rings. The van der Waals surface area contributed by atoms with Crippen molar-refractivity contribution in [3.63, 3.8) is 0 Å². The third-order valence-corrected chi connectivity index (χ3v) is 4.61. The molecular formula is C18H20ClNO3. The second kappa shape index (κ2) is 6.02. The van der Waals surface area contributed by atoms with Crippen LogP contribution in [0.2, 0.25) is 5.02 Å². The fraction of sp³-hybridized carbons (Fsp3) is 0.389. The van der Waals surface area contributed by atoms with Gasteiger partial charge in [-0.15, -0.1) is 0 Å². The third-order valence-electron chi connectivity index (χ3n) is 4.29. The van der Waals surface area contributed by atoms with E-state index in [2.05, 4.69) is 0 Å². The number of hydrogen-bond acceptors (Lipinski definition) is 3. The molecule has 0 aliphatic carbocycles. The van der Waals surface area contributed by atoms with E-state index in [1.54, 1.807) is 36.9 Å². The van der Waals surface area contributed by atoms with Crippen LogP contribution in [0.4, 0.5) is 0 Å². The van der Waals surface area contributed by atoms with Crippen LogP contribution in [0, 0.1) is 0 Å². The summed E-state index contributed by atoms with van der Waals surface area (Å²) in [5.41, 5.74) is -0.168. The van der Waals surface area contributed by atoms with Crippen LogP contribution in [0.3, 0.4) is 0 Å². The van der Waals surface area contributed by atoms with Gasteiger partial charge in [0.1, 0.15) is 5.76 Å². The lowest BCUT2D eigenvalue weighted by molar-refractivity contribution is -0.000726. The van der Waals surface area contributed by atoms with Crippen molar-refractivity contribution in [1.82, 2.24) is 4.90 Å². The average molecular weight is 334 g/mol. The van der Waals surface area contributed by atoms with Crippen molar-refractivity contribution in [3.8, 4) is 11.3 Å². The van der Waals surface area contributed by atoms with Crippen molar-refractivity contribution in [2.45, 2.75) is 38.3 Å². The molecule has 1 N–H and O–H groups in total. The van der Waals surface area contributed by atoms with E-state index in [9.17, 15) is 9.90 Å². The number of hydrogen-bond donors (Lipinski definition) is 1. The third kappa shape index (κ3) is 3.14. The van der Waals surface area contributed by atoms with Gasteiger partial charge in [-0.25, -0.2) is 0 Å². The van der Waals surface area contributed by atoms with Crippen molar-refractivity contribution in [2.75, 3.05) is 6.54 Å². The molecule has 2 heterocycles. The number of furan rings is 1. The van der Waals surface area contributed by atoms with Crippen LogP contribution in [0.15, 0.2) is 40.8 Å². The van der Waals surface area contributed by atoms with Gasteiger partial charge >= 0.3 is 0 Å². The Morgan fingerprint density at radius 2 is 2.04 bits per heavy atom. The van der Waals surface area contributed by atoms with Gasteiger partial charge in [-0.05, 0) is 51.0 Å². The Balaban J connectivity index is 1.86. The molecule has 3 rings (SSSR count). The minimum absolute atomic E-state index is 0.187. The van der Waals surface area contributed by atoms with Crippen molar-refractivity contribution in [2.24, 2.45) is 0 Å². The van der Waals surface area contributed by atoms with Gasteiger partial charge < -0.3 is 14.4 Å². The summed E-state index contributed by atoms with van der Waals surface area (Å²) in [6.07, 6.45) is 1.69. The summed E-state index contributed by atoms with van der Waals surface area (Å²) >= 11 is 6.17. The van der Waals surface area contributed by atoms with Gasteiger partial charge in [0.15, 0.2) is 5.76 Å². The lowest BCUT2D eigenvalue weighted by Crippen LogP contribution is -2.48. The number of nitrogens with zero attached hydrogens (tertiary/aromatic N) is 1. The van der Waals surface area contributed by atoms with Gasteiger partial charge in [0, 0.05) is 12.1 Å². The molecule has 0 radical (unpaired) electrons. The molecule has 2 aromatic rings. The highest BCUT2D eigenvalue weighted by atomic mass is 35.5. The zero-order valence-corrected chi connectivity index (χ0v) is 14.0. The van der Waals surface area contributed by atoms with Crippen molar-refractivity contribution in [1.29, 1.82) is 0 Å². The van der Waals surface area contributed by atoms with Gasteiger partial charge in [0.05, 0.1) is 16.7 Å². The van der Waals surface area contributed by atoms with E-state index in [0.29, 0.717) is 17.3 Å². The second-order valence-electron chi connectivity index (χ2n) is 6.45. The number of aliphatic hydroxyl groups is 1. The number of rotatable bonds is 3. The molecule has 1 unspecified atom stereocenters. The van der Waals surface area contributed by atoms with Gasteiger partial charge in [-0.1, -0.05) is 23.7 Å². The van der Waals surface area contributed by atoms with Crippen LogP contribution in [0.1, 0.15) is 37.2 Å². The van der Waals surface area contributed by atoms with E-state index < -0.39 is 5.60 Å². The summed E-state index contributed by atoms with van der Waals surface area (Å²) < 4.78 is 5.73. The molecule has 0 bridgehead atoms. The quantitative estimate of drug-likeness (QED) is 0.924. The second-order valence-corrected chi connectivity index (χ2v) is 6.86. The smallest absolute Gasteiger partial charge is 0.289 e. The Labute approximate surface area is 140 Å². The van der Waals surface area contributed by atoms with Gasteiger partial charge in [0.25, 0.3) is 5.91 Å². The summed E-state index contributed by atoms with van der Waals surface area (Å²) in [5.74, 6) is 0.655. The Hall–Kier alpha value is -1.78. The van der Waals surface area contributed by atoms with Crippen molar-refractivity contribution >= 4 is 17.5 Å². The largest absolute Gasteiger partial charge is 0.451 e. The van der Waals surface area contributed by atoms with E-state index in [0.717, 1.165) is 18.4 Å². The predicted octanol–water partition coefficient (Wildman–Crippen LogP) is 3.98. The predicted molar refractivity (Wildman–Crippen MR) is 89.5 cm³/mol. The van der Waals surface area contributed by atoms with E-state index >= 15 is 0 Å². The average Bonchev–Trinajstić information content (AvgIpc) is 3.16. The molecule has 0 saturated carbocycles. The number of likely N-dealkylation sites (tertiary alicyclic amines) is 1. The highest BCUT2D eigenvalue weighted by Crippen LogP contribution is 2.32. The molecular weight excluding hydrogens is 314 g/mol. The monoisotopic (exact) mass is 333 g/mol. The van der Waals surface area contributed by atoms with E-state index in [-0.39, 0.29) is 17.7 Å². The van der Waals surface area contributed by atoms with Gasteiger partial charge in [0.2, 0.25) is 0 Å². The van der Waals surface area contributed by atoms with Gasteiger partial charge in [-0.2, -0.15) is 0 Å². The number of carbonyl (C=O) groups is 1. The van der Waals surface area contributed by atoms with E-state index in [4.69, 9.17) is 16.0 Å². The van der Waals surface area contributed by atoms with Crippen LogP contribution in [-0.2, 0) is 0 Å². The summed E-state index contributed by atoms with van der Waals surface area (Å²) in [5, 5.41) is 10.8. The van der Waals surface area contributed by atoms with Crippen LogP contribution in [-0.4, -0.2) is 34.1 Å². The molecule has 23 heavy (non-hydrogen) atoms. The SMILES string of the molecule is CC(C)(O)C1CCCN1C(=O)c1ccc(-c2ccccc2Cl)o1. The highest BCUT2D eigenvalue weighted by molar-refractivity contribution is 6.33. The molecule has 1 aromatic carbocycles. The van der Waals surface area contributed by atoms with Crippen LogP contribution in [0.25, 0.3) is 11.3 Å². The first-order chi connectivity index (χ1) is 10.9. The summed E-state index contributed by atoms with van der Waals surface area (Å²) in [6, 6.07) is 10.6. The lowest BCUT2D eigenvalue weighted by Gasteiger charge is -2.33. The number of amides is 1. The lowest BCUT2D eigenvalue weighted by atomic mass is 9.96. The standard InChI is InChI=1S/C18H20ClNO3/c1-18(2,22)16-8-5-11-20(16)17(21)15-10-9-14(23-15)12-6-3-4-7-13(12)19/h3-4,6-7,9-10,16,22H,5,8,11H2,1-2H3. The molecule has 122 valence electrons. The zero-order chi connectivity index (χ0) is 16.6. The first-order valence-electron chi connectivity index (χ1n) is 7.76.